The van der Waals surface area contributed by atoms with Gasteiger partial charge in [-0.15, -0.1) is 0 Å². The third kappa shape index (κ3) is 5.45. The number of alkyl halides is 6. The molecule has 1 N–H and O–H groups in total. The highest BCUT2D eigenvalue weighted by atomic mass is 19.4. The number of hydrogen-bond donors (Lipinski definition) is 1. The minimum Gasteiger partial charge on any atom is -0.465 e. The number of hydrogen-bond acceptors (Lipinski definition) is 4. The van der Waals surface area contributed by atoms with Gasteiger partial charge in [0.2, 0.25) is 0 Å². The number of amides is 1. The lowest BCUT2D eigenvalue weighted by Gasteiger charge is -2.51. The van der Waals surface area contributed by atoms with E-state index in [2.05, 4.69) is 0 Å². The molecule has 13 heteroatoms. The quantitative estimate of drug-likeness (QED) is 0.652. The van der Waals surface area contributed by atoms with Crippen molar-refractivity contribution in [1.82, 2.24) is 9.80 Å². The van der Waals surface area contributed by atoms with Gasteiger partial charge in [-0.2, -0.15) is 26.3 Å². The molecule has 2 aliphatic heterocycles. The smallest absolute Gasteiger partial charge is 0.407 e. The standard InChI is InChI=1S/C20H24F7N3O3/c1-18(16(19(22,23)24)20(25,26)27)12-28(4-5-30(18)17(31)32)11-13-2-3-14(10-15(13)21)29-6-8-33-9-7-29/h2-3,10,16H,4-9,11-12H2,1H3,(H,31,32)/t18-/m1/s1. The molecular formula is C20H24F7N3O3. The van der Waals surface area contributed by atoms with Crippen molar-refractivity contribution >= 4 is 11.8 Å². The molecule has 3 rings (SSSR count). The molecular weight excluding hydrogens is 463 g/mol. The molecule has 0 radical (unpaired) electrons. The van der Waals surface area contributed by atoms with E-state index in [9.17, 15) is 40.6 Å². The number of morpholine rings is 1. The fourth-order valence-corrected chi connectivity index (χ4v) is 4.62. The van der Waals surface area contributed by atoms with Crippen LogP contribution in [0.4, 0.5) is 41.2 Å². The lowest BCUT2D eigenvalue weighted by molar-refractivity contribution is -0.316. The van der Waals surface area contributed by atoms with Crippen LogP contribution in [0.1, 0.15) is 12.5 Å². The summed E-state index contributed by atoms with van der Waals surface area (Å²) in [6.07, 6.45) is -13.3. The van der Waals surface area contributed by atoms with Crippen LogP contribution in [0, 0.1) is 11.7 Å². The Kier molecular flexibility index (Phi) is 7.04. The number of nitrogens with zero attached hydrogens (tertiary/aromatic N) is 3. The van der Waals surface area contributed by atoms with Crippen LogP contribution in [0.3, 0.4) is 0 Å². The zero-order valence-electron chi connectivity index (χ0n) is 17.7. The maximum absolute atomic E-state index is 14.7. The Hall–Kier alpha value is -2.28. The van der Waals surface area contributed by atoms with Gasteiger partial charge in [0, 0.05) is 50.5 Å². The summed E-state index contributed by atoms with van der Waals surface area (Å²) in [6, 6.07) is 4.33. The first-order chi connectivity index (χ1) is 15.2. The summed E-state index contributed by atoms with van der Waals surface area (Å²) in [6.45, 7) is 0.863. The van der Waals surface area contributed by atoms with Gasteiger partial charge < -0.3 is 14.7 Å². The third-order valence-electron chi connectivity index (χ3n) is 6.11. The van der Waals surface area contributed by atoms with E-state index >= 15 is 0 Å². The predicted molar refractivity (Wildman–Crippen MR) is 103 cm³/mol. The van der Waals surface area contributed by atoms with Crippen LogP contribution in [0.25, 0.3) is 0 Å². The predicted octanol–water partition coefficient (Wildman–Crippen LogP) is 3.96. The van der Waals surface area contributed by atoms with E-state index in [0.717, 1.165) is 0 Å². The van der Waals surface area contributed by atoms with E-state index in [4.69, 9.17) is 4.74 Å². The number of carboxylic acid groups (broad SMARTS) is 1. The van der Waals surface area contributed by atoms with Gasteiger partial charge in [0.25, 0.3) is 0 Å². The molecule has 2 aliphatic rings. The first-order valence-corrected chi connectivity index (χ1v) is 10.2. The van der Waals surface area contributed by atoms with Crippen molar-refractivity contribution in [2.75, 3.05) is 50.8 Å². The van der Waals surface area contributed by atoms with Crippen LogP contribution in [-0.4, -0.2) is 84.8 Å². The van der Waals surface area contributed by atoms with Crippen molar-refractivity contribution in [3.63, 3.8) is 0 Å². The topological polar surface area (TPSA) is 56.2 Å². The van der Waals surface area contributed by atoms with Gasteiger partial charge >= 0.3 is 18.4 Å². The highest BCUT2D eigenvalue weighted by molar-refractivity contribution is 5.66. The van der Waals surface area contributed by atoms with Crippen LogP contribution < -0.4 is 4.90 Å². The Bertz CT molecular complexity index is 844. The van der Waals surface area contributed by atoms with E-state index in [0.29, 0.717) is 38.9 Å². The Morgan fingerprint density at radius 1 is 1.09 bits per heavy atom. The first kappa shape index (κ1) is 25.3. The van der Waals surface area contributed by atoms with Crippen LogP contribution in [0.2, 0.25) is 0 Å². The van der Waals surface area contributed by atoms with Crippen molar-refractivity contribution in [3.05, 3.63) is 29.6 Å². The Morgan fingerprint density at radius 3 is 2.21 bits per heavy atom. The second-order valence-corrected chi connectivity index (χ2v) is 8.39. The summed E-state index contributed by atoms with van der Waals surface area (Å²) >= 11 is 0. The number of benzene rings is 1. The summed E-state index contributed by atoms with van der Waals surface area (Å²) in [7, 11) is 0. The first-order valence-electron chi connectivity index (χ1n) is 10.2. The average molecular weight is 487 g/mol. The van der Waals surface area contributed by atoms with Gasteiger partial charge in [0.1, 0.15) is 5.82 Å². The van der Waals surface area contributed by atoms with Gasteiger partial charge in [-0.05, 0) is 19.1 Å². The molecule has 2 heterocycles. The molecule has 33 heavy (non-hydrogen) atoms. The van der Waals surface area contributed by atoms with Crippen molar-refractivity contribution < 1.29 is 45.4 Å². The van der Waals surface area contributed by atoms with Crippen molar-refractivity contribution in [1.29, 1.82) is 0 Å². The van der Waals surface area contributed by atoms with E-state index in [1.807, 2.05) is 4.90 Å². The molecule has 6 nitrogen and oxygen atoms in total. The largest absolute Gasteiger partial charge is 0.465 e. The molecule has 1 atom stereocenters. The van der Waals surface area contributed by atoms with Crippen molar-refractivity contribution in [2.24, 2.45) is 5.92 Å². The number of carbonyl (C=O) groups is 1. The molecule has 0 unspecified atom stereocenters. The van der Waals surface area contributed by atoms with Crippen molar-refractivity contribution in [3.8, 4) is 0 Å². The second-order valence-electron chi connectivity index (χ2n) is 8.39. The Balaban J connectivity index is 1.85. The summed E-state index contributed by atoms with van der Waals surface area (Å²) in [5, 5.41) is 9.33. The SMILES string of the molecule is C[C@]1(C(C(F)(F)F)C(F)(F)F)CN(Cc2ccc(N3CCOCC3)cc2F)CCN1C(=O)O. The number of rotatable bonds is 4. The fourth-order valence-electron chi connectivity index (χ4n) is 4.62. The summed E-state index contributed by atoms with van der Waals surface area (Å²) in [5.74, 6) is -4.55. The maximum atomic E-state index is 14.7. The Morgan fingerprint density at radius 2 is 1.70 bits per heavy atom. The third-order valence-corrected chi connectivity index (χ3v) is 6.11. The van der Waals surface area contributed by atoms with Gasteiger partial charge in [0.05, 0.1) is 18.8 Å². The van der Waals surface area contributed by atoms with Crippen LogP contribution in [-0.2, 0) is 11.3 Å². The van der Waals surface area contributed by atoms with E-state index in [1.54, 1.807) is 6.07 Å². The molecule has 2 saturated heterocycles. The zero-order valence-corrected chi connectivity index (χ0v) is 17.7. The van der Waals surface area contributed by atoms with Crippen LogP contribution >= 0.6 is 0 Å². The number of anilines is 1. The molecule has 0 aliphatic carbocycles. The lowest BCUT2D eigenvalue weighted by Crippen LogP contribution is -2.70. The molecule has 1 amide bonds. The van der Waals surface area contributed by atoms with Gasteiger partial charge in [0.15, 0.2) is 5.92 Å². The minimum absolute atomic E-state index is 0.0914. The highest BCUT2D eigenvalue weighted by Gasteiger charge is 2.68. The molecule has 186 valence electrons. The van der Waals surface area contributed by atoms with E-state index < -0.39 is 48.8 Å². The van der Waals surface area contributed by atoms with Crippen LogP contribution in [0.5, 0.6) is 0 Å². The fraction of sp³-hybridized carbons (Fsp3) is 0.650. The molecule has 0 spiro atoms. The van der Waals surface area contributed by atoms with E-state index in [1.165, 1.54) is 17.0 Å². The van der Waals surface area contributed by atoms with Gasteiger partial charge in [-0.3, -0.25) is 9.80 Å². The minimum atomic E-state index is -5.73. The Labute approximate surface area is 185 Å². The van der Waals surface area contributed by atoms with Gasteiger partial charge in [-0.25, -0.2) is 9.18 Å². The molecule has 1 aromatic carbocycles. The summed E-state index contributed by atoms with van der Waals surface area (Å²) in [4.78, 5) is 14.8. The summed E-state index contributed by atoms with van der Waals surface area (Å²) < 4.78 is 101. The molecule has 0 aromatic heterocycles. The van der Waals surface area contributed by atoms with E-state index in [-0.39, 0.29) is 23.6 Å². The van der Waals surface area contributed by atoms with Gasteiger partial charge in [-0.1, -0.05) is 6.07 Å². The molecule has 2 fully saturated rings. The van der Waals surface area contributed by atoms with Crippen molar-refractivity contribution in [2.45, 2.75) is 31.4 Å². The number of halogens is 7. The lowest BCUT2D eigenvalue weighted by atomic mass is 9.80. The number of ether oxygens (including phenoxy) is 1. The second kappa shape index (κ2) is 9.16. The highest BCUT2D eigenvalue weighted by Crippen LogP contribution is 2.49. The molecule has 0 bridgehead atoms. The average Bonchev–Trinajstić information content (AvgIpc) is 2.67. The molecule has 1 aromatic rings. The zero-order chi connectivity index (χ0) is 24.6. The monoisotopic (exact) mass is 487 g/mol. The maximum Gasteiger partial charge on any atom is 0.407 e. The number of piperazine rings is 1. The normalized spacial score (nSPS) is 23.3. The summed E-state index contributed by atoms with van der Waals surface area (Å²) in [5.41, 5.74) is -2.16. The van der Waals surface area contributed by atoms with Crippen LogP contribution in [0.15, 0.2) is 18.2 Å². The molecule has 0 saturated carbocycles.